The highest BCUT2D eigenvalue weighted by atomic mass is 35.5. The van der Waals surface area contributed by atoms with Gasteiger partial charge in [-0.05, 0) is 35.7 Å². The third kappa shape index (κ3) is 4.15. The van der Waals surface area contributed by atoms with Gasteiger partial charge in [0.05, 0.1) is 17.3 Å². The zero-order valence-corrected chi connectivity index (χ0v) is 14.4. The number of thiophene rings is 1. The first-order chi connectivity index (χ1) is 11.6. The van der Waals surface area contributed by atoms with E-state index in [9.17, 15) is 9.59 Å². The van der Waals surface area contributed by atoms with Crippen LogP contribution in [0.15, 0.2) is 41.8 Å². The minimum Gasteiger partial charge on any atom is -0.359 e. The highest BCUT2D eigenvalue weighted by Crippen LogP contribution is 2.29. The number of carbonyl (C=O) groups excluding carboxylic acids is 2. The average molecular weight is 362 g/mol. The third-order valence-electron chi connectivity index (χ3n) is 3.54. The Morgan fingerprint density at radius 2 is 2.25 bits per heavy atom. The number of hydrogen-bond acceptors (Lipinski definition) is 4. The summed E-state index contributed by atoms with van der Waals surface area (Å²) in [5.74, 6) is -0.238. The Morgan fingerprint density at radius 1 is 1.38 bits per heavy atom. The number of nitrogens with one attached hydrogen (secondary N) is 2. The molecule has 0 aliphatic carbocycles. The molecule has 7 heteroatoms. The van der Waals surface area contributed by atoms with E-state index in [1.807, 2.05) is 28.5 Å². The first-order valence-corrected chi connectivity index (χ1v) is 8.71. The lowest BCUT2D eigenvalue weighted by molar-refractivity contribution is -0.120. The maximum Gasteiger partial charge on any atom is 0.248 e. The Morgan fingerprint density at radius 3 is 2.96 bits per heavy atom. The topological polar surface area (TPSA) is 61.4 Å². The van der Waals surface area contributed by atoms with Crippen LogP contribution in [0.25, 0.3) is 6.08 Å². The predicted octanol–water partition coefficient (Wildman–Crippen LogP) is 2.99. The Kier molecular flexibility index (Phi) is 5.17. The van der Waals surface area contributed by atoms with Crippen LogP contribution in [0.3, 0.4) is 0 Å². The average Bonchev–Trinajstić information content (AvgIpc) is 3.06. The number of hydrogen-bond donors (Lipinski definition) is 2. The van der Waals surface area contributed by atoms with Gasteiger partial charge in [-0.2, -0.15) is 0 Å². The molecule has 1 aromatic carbocycles. The van der Waals surface area contributed by atoms with E-state index in [1.165, 1.54) is 6.08 Å². The lowest BCUT2D eigenvalue weighted by Crippen LogP contribution is -2.47. The number of halogens is 1. The molecule has 2 heterocycles. The van der Waals surface area contributed by atoms with E-state index >= 15 is 0 Å². The van der Waals surface area contributed by atoms with Crippen molar-refractivity contribution in [3.8, 4) is 0 Å². The summed E-state index contributed by atoms with van der Waals surface area (Å²) >= 11 is 7.88. The highest BCUT2D eigenvalue weighted by Gasteiger charge is 2.18. The van der Waals surface area contributed by atoms with Crippen molar-refractivity contribution in [2.45, 2.75) is 0 Å². The molecule has 0 unspecified atom stereocenters. The molecule has 1 aliphatic heterocycles. The molecule has 2 N–H and O–H groups in total. The van der Waals surface area contributed by atoms with Crippen molar-refractivity contribution in [3.63, 3.8) is 0 Å². The van der Waals surface area contributed by atoms with Gasteiger partial charge in [0, 0.05) is 29.7 Å². The Bertz CT molecular complexity index is 774. The molecule has 2 amide bonds. The van der Waals surface area contributed by atoms with Crippen LogP contribution in [0.4, 0.5) is 11.4 Å². The van der Waals surface area contributed by atoms with Crippen molar-refractivity contribution in [1.29, 1.82) is 0 Å². The molecule has 1 aromatic heterocycles. The van der Waals surface area contributed by atoms with Gasteiger partial charge in [-0.15, -0.1) is 11.3 Å². The number of rotatable bonds is 4. The summed E-state index contributed by atoms with van der Waals surface area (Å²) in [7, 11) is 0. The van der Waals surface area contributed by atoms with E-state index in [2.05, 4.69) is 10.6 Å². The van der Waals surface area contributed by atoms with Gasteiger partial charge in [0.1, 0.15) is 0 Å². The van der Waals surface area contributed by atoms with Crippen LogP contribution in [0.1, 0.15) is 4.88 Å². The highest BCUT2D eigenvalue weighted by molar-refractivity contribution is 7.10. The van der Waals surface area contributed by atoms with E-state index in [1.54, 1.807) is 29.5 Å². The van der Waals surface area contributed by atoms with Crippen molar-refractivity contribution in [2.75, 3.05) is 29.9 Å². The van der Waals surface area contributed by atoms with Crippen molar-refractivity contribution in [2.24, 2.45) is 0 Å². The van der Waals surface area contributed by atoms with Crippen LogP contribution in [0.2, 0.25) is 5.02 Å². The molecule has 1 fully saturated rings. The third-order valence-corrected chi connectivity index (χ3v) is 4.68. The first kappa shape index (κ1) is 16.5. The van der Waals surface area contributed by atoms with Gasteiger partial charge < -0.3 is 15.5 Å². The molecule has 0 bridgehead atoms. The smallest absolute Gasteiger partial charge is 0.248 e. The van der Waals surface area contributed by atoms with E-state index < -0.39 is 0 Å². The number of benzene rings is 1. The summed E-state index contributed by atoms with van der Waals surface area (Å²) in [6, 6.07) is 9.17. The van der Waals surface area contributed by atoms with E-state index in [0.29, 0.717) is 23.8 Å². The zero-order chi connectivity index (χ0) is 16.9. The summed E-state index contributed by atoms with van der Waals surface area (Å²) in [5.41, 5.74) is 1.41. The molecule has 0 radical (unpaired) electrons. The quantitative estimate of drug-likeness (QED) is 0.823. The van der Waals surface area contributed by atoms with Crippen LogP contribution in [0, 0.1) is 0 Å². The van der Waals surface area contributed by atoms with Crippen molar-refractivity contribution in [3.05, 3.63) is 51.7 Å². The second-order valence-corrected chi connectivity index (χ2v) is 6.66. The molecular weight excluding hydrogens is 346 g/mol. The van der Waals surface area contributed by atoms with Gasteiger partial charge in [-0.3, -0.25) is 9.59 Å². The fourth-order valence-electron chi connectivity index (χ4n) is 2.41. The van der Waals surface area contributed by atoms with Crippen molar-refractivity contribution in [1.82, 2.24) is 5.32 Å². The van der Waals surface area contributed by atoms with Crippen molar-refractivity contribution >= 4 is 52.2 Å². The summed E-state index contributed by atoms with van der Waals surface area (Å²) in [5, 5.41) is 8.02. The fourth-order valence-corrected chi connectivity index (χ4v) is 3.33. The largest absolute Gasteiger partial charge is 0.359 e. The van der Waals surface area contributed by atoms with Gasteiger partial charge in [0.2, 0.25) is 11.8 Å². The van der Waals surface area contributed by atoms with Gasteiger partial charge in [-0.1, -0.05) is 17.7 Å². The summed E-state index contributed by atoms with van der Waals surface area (Å²) in [6.07, 6.45) is 3.25. The summed E-state index contributed by atoms with van der Waals surface area (Å²) in [4.78, 5) is 26.4. The van der Waals surface area contributed by atoms with Crippen molar-refractivity contribution < 1.29 is 9.59 Å². The molecule has 0 saturated carbocycles. The molecular formula is C17H16ClN3O2S. The second kappa shape index (κ2) is 7.51. The van der Waals surface area contributed by atoms with E-state index in [4.69, 9.17) is 11.6 Å². The van der Waals surface area contributed by atoms with E-state index in [-0.39, 0.29) is 18.4 Å². The normalized spacial score (nSPS) is 14.7. The van der Waals surface area contributed by atoms with Crippen LogP contribution >= 0.6 is 22.9 Å². The number of carbonyl (C=O) groups is 2. The van der Waals surface area contributed by atoms with Gasteiger partial charge in [0.15, 0.2) is 0 Å². The van der Waals surface area contributed by atoms with Crippen LogP contribution < -0.4 is 15.5 Å². The summed E-state index contributed by atoms with van der Waals surface area (Å²) in [6.45, 7) is 1.59. The van der Waals surface area contributed by atoms with E-state index in [0.717, 1.165) is 10.6 Å². The molecule has 0 spiro atoms. The van der Waals surface area contributed by atoms with Gasteiger partial charge >= 0.3 is 0 Å². The molecule has 2 aromatic rings. The molecule has 1 aliphatic rings. The van der Waals surface area contributed by atoms with Crippen LogP contribution in [-0.4, -0.2) is 31.4 Å². The van der Waals surface area contributed by atoms with Gasteiger partial charge in [0.25, 0.3) is 0 Å². The van der Waals surface area contributed by atoms with Gasteiger partial charge in [-0.25, -0.2) is 0 Å². The lowest BCUT2D eigenvalue weighted by atomic mass is 10.2. The second-order valence-electron chi connectivity index (χ2n) is 5.28. The Labute approximate surface area is 148 Å². The SMILES string of the molecule is O=C(/C=C/c1cccs1)Nc1ccc(N2CCNC(=O)C2)c(Cl)c1. The molecule has 3 rings (SSSR count). The monoisotopic (exact) mass is 361 g/mol. The number of anilines is 2. The summed E-state index contributed by atoms with van der Waals surface area (Å²) < 4.78 is 0. The standard InChI is InChI=1S/C17H16ClN3O2S/c18-14-10-12(20-16(22)6-4-13-2-1-9-24-13)3-5-15(14)21-8-7-19-17(23)11-21/h1-6,9-10H,7-8,11H2,(H,19,23)(H,20,22)/b6-4+. The predicted molar refractivity (Wildman–Crippen MR) is 98.7 cm³/mol. The maximum absolute atomic E-state index is 11.9. The zero-order valence-electron chi connectivity index (χ0n) is 12.8. The number of amides is 2. The molecule has 1 saturated heterocycles. The molecule has 5 nitrogen and oxygen atoms in total. The number of piperazine rings is 1. The number of nitrogens with zero attached hydrogens (tertiary/aromatic N) is 1. The van der Waals surface area contributed by atoms with Crippen LogP contribution in [-0.2, 0) is 9.59 Å². The fraction of sp³-hybridized carbons (Fsp3) is 0.176. The van der Waals surface area contributed by atoms with Crippen LogP contribution in [0.5, 0.6) is 0 Å². The Hall–Kier alpha value is -2.31. The Balaban J connectivity index is 1.66. The maximum atomic E-state index is 11.9. The minimum absolute atomic E-state index is 0.0200. The first-order valence-electron chi connectivity index (χ1n) is 7.45. The lowest BCUT2D eigenvalue weighted by Gasteiger charge is -2.29. The minimum atomic E-state index is -0.218. The molecule has 24 heavy (non-hydrogen) atoms. The molecule has 0 atom stereocenters. The molecule has 124 valence electrons.